The first-order valence-corrected chi connectivity index (χ1v) is 19.6. The summed E-state index contributed by atoms with van der Waals surface area (Å²) in [6.07, 6.45) is 0.900. The van der Waals surface area contributed by atoms with Crippen LogP contribution in [0.5, 0.6) is 0 Å². The number of para-hydroxylation sites is 1. The third kappa shape index (κ3) is 3.59. The molecule has 255 valence electrons. The molecule has 0 unspecified atom stereocenters. The van der Waals surface area contributed by atoms with Crippen LogP contribution in [0.15, 0.2) is 164 Å². The van der Waals surface area contributed by atoms with Crippen LogP contribution >= 0.6 is 0 Å². The van der Waals surface area contributed by atoms with E-state index in [9.17, 15) is 0 Å². The van der Waals surface area contributed by atoms with E-state index in [1.54, 1.807) is 0 Å². The molecule has 2 aliphatic rings. The smallest absolute Gasteiger partial charge is 0.197 e. The van der Waals surface area contributed by atoms with Crippen molar-refractivity contribution in [3.63, 3.8) is 0 Å². The van der Waals surface area contributed by atoms with Gasteiger partial charge >= 0.3 is 0 Å². The summed E-state index contributed by atoms with van der Waals surface area (Å²) in [7, 11) is 2.53. The number of aromatic amines is 1. The summed E-state index contributed by atoms with van der Waals surface area (Å²) in [5.41, 5.74) is 22.1. The highest BCUT2D eigenvalue weighted by Crippen LogP contribution is 2.52. The van der Waals surface area contributed by atoms with Crippen molar-refractivity contribution in [3.8, 4) is 44.5 Å². The zero-order chi connectivity index (χ0) is 36.2. The molecule has 0 atom stereocenters. The molecule has 9 aromatic carbocycles. The average Bonchev–Trinajstić information content (AvgIpc) is 4.01. The van der Waals surface area contributed by atoms with Crippen LogP contribution in [-0.2, 0) is 6.42 Å². The number of rotatable bonds is 3. The van der Waals surface area contributed by atoms with Gasteiger partial charge in [-0.15, -0.1) is 0 Å². The van der Waals surface area contributed by atoms with Crippen LogP contribution in [0.2, 0.25) is 0 Å². The van der Waals surface area contributed by atoms with Crippen molar-refractivity contribution in [2.45, 2.75) is 6.42 Å². The molecule has 1 N–H and O–H groups in total. The lowest BCUT2D eigenvalue weighted by atomic mass is 9.58. The van der Waals surface area contributed by atoms with E-state index < -0.39 is 0 Å². The molecule has 2 nitrogen and oxygen atoms in total. The molecule has 0 amide bonds. The minimum Gasteiger partial charge on any atom is -0.354 e. The molecule has 14 rings (SSSR count). The van der Waals surface area contributed by atoms with Crippen molar-refractivity contribution in [2.24, 2.45) is 0 Å². The number of benzene rings is 9. The van der Waals surface area contributed by atoms with Crippen molar-refractivity contribution >= 4 is 88.9 Å². The number of aromatic nitrogens is 2. The first-order valence-electron chi connectivity index (χ1n) is 19.6. The molecule has 56 heavy (non-hydrogen) atoms. The lowest BCUT2D eigenvalue weighted by Crippen LogP contribution is -2.35. The van der Waals surface area contributed by atoms with Crippen LogP contribution in [0, 0.1) is 0 Å². The van der Waals surface area contributed by atoms with E-state index in [0.29, 0.717) is 0 Å². The summed E-state index contributed by atoms with van der Waals surface area (Å²) < 4.78 is 2.65. The van der Waals surface area contributed by atoms with Gasteiger partial charge in [-0.3, -0.25) is 0 Å². The quantitative estimate of drug-likeness (QED) is 0.177. The van der Waals surface area contributed by atoms with Gasteiger partial charge in [0.1, 0.15) is 0 Å². The van der Waals surface area contributed by atoms with Crippen molar-refractivity contribution in [1.29, 1.82) is 0 Å². The van der Waals surface area contributed by atoms with Gasteiger partial charge in [-0.1, -0.05) is 145 Å². The van der Waals surface area contributed by atoms with E-state index in [4.69, 9.17) is 0 Å². The van der Waals surface area contributed by atoms with Gasteiger partial charge in [0.15, 0.2) is 7.28 Å². The predicted octanol–water partition coefficient (Wildman–Crippen LogP) is 12.2. The van der Waals surface area contributed by atoms with Gasteiger partial charge in [0.25, 0.3) is 0 Å². The second-order valence-corrected chi connectivity index (χ2v) is 15.9. The Kier molecular flexibility index (Phi) is 5.41. The monoisotopic (exact) mass is 705 g/mol. The zero-order valence-corrected chi connectivity index (χ0v) is 30.3. The van der Waals surface area contributed by atoms with Crippen molar-refractivity contribution in [2.75, 3.05) is 0 Å². The molecule has 3 heteroatoms. The van der Waals surface area contributed by atoms with Crippen molar-refractivity contribution < 1.29 is 0 Å². The molecule has 1 aliphatic heterocycles. The predicted molar refractivity (Wildman–Crippen MR) is 238 cm³/mol. The summed E-state index contributed by atoms with van der Waals surface area (Å²) in [4.78, 5) is 3.97. The number of nitrogens with one attached hydrogen (secondary N) is 1. The van der Waals surface area contributed by atoms with Crippen LogP contribution in [0.3, 0.4) is 0 Å². The van der Waals surface area contributed by atoms with Gasteiger partial charge in [0.05, 0.1) is 11.0 Å². The first-order chi connectivity index (χ1) is 27.8. The fourth-order valence-electron chi connectivity index (χ4n) is 10.8. The maximum atomic E-state index is 3.97. The minimum atomic E-state index is 0.900. The fraction of sp³-hybridized carbons (Fsp3) is 0.0189. The van der Waals surface area contributed by atoms with E-state index in [1.807, 2.05) is 0 Å². The molecule has 0 fully saturated rings. The lowest BCUT2D eigenvalue weighted by Gasteiger charge is -2.23. The molecule has 0 saturated carbocycles. The van der Waals surface area contributed by atoms with Crippen molar-refractivity contribution in [1.82, 2.24) is 9.38 Å². The van der Waals surface area contributed by atoms with Crippen LogP contribution in [0.4, 0.5) is 0 Å². The molecular weight excluding hydrogens is 675 g/mol. The van der Waals surface area contributed by atoms with Gasteiger partial charge < -0.3 is 9.38 Å². The molecule has 3 aromatic heterocycles. The van der Waals surface area contributed by atoms with Crippen molar-refractivity contribution in [3.05, 3.63) is 175 Å². The van der Waals surface area contributed by atoms with E-state index >= 15 is 0 Å². The Labute approximate surface area is 322 Å². The van der Waals surface area contributed by atoms with E-state index in [2.05, 4.69) is 180 Å². The number of nitrogens with zero attached hydrogens (tertiary/aromatic N) is 1. The standard InChI is InChI=1S/C53H30BN2/c1-3-12-29(13-4-1)33-25-39-40-26-34(30-14-5-2-6-15-30)28-43-52(40)56-51(39)42(27-33)48-46-36-19-10-8-17-32(36)24-41(46)47(49(54-43)53(48)56)38-21-11-20-37-45-35-18-9-7-16-31(35)22-23-44(45)55-50(37)38/h1-23,25-28,55H,24H2. The van der Waals surface area contributed by atoms with Gasteiger partial charge in [-0.25, -0.2) is 0 Å². The maximum absolute atomic E-state index is 3.97. The Bertz CT molecular complexity index is 3680. The highest BCUT2D eigenvalue weighted by Gasteiger charge is 2.35. The molecule has 0 bridgehead atoms. The third-order valence-electron chi connectivity index (χ3n) is 13.1. The summed E-state index contributed by atoms with van der Waals surface area (Å²) >= 11 is 0. The topological polar surface area (TPSA) is 20.2 Å². The van der Waals surface area contributed by atoms with E-state index in [1.165, 1.54) is 137 Å². The summed E-state index contributed by atoms with van der Waals surface area (Å²) in [6.45, 7) is 0. The molecular formula is C53H30BN2. The zero-order valence-electron chi connectivity index (χ0n) is 30.3. The summed E-state index contributed by atoms with van der Waals surface area (Å²) in [5.74, 6) is 0. The maximum Gasteiger partial charge on any atom is 0.197 e. The summed E-state index contributed by atoms with van der Waals surface area (Å²) in [6, 6.07) is 61.0. The normalized spacial score (nSPS) is 13.1. The second-order valence-electron chi connectivity index (χ2n) is 15.9. The van der Waals surface area contributed by atoms with Gasteiger partial charge in [0, 0.05) is 54.4 Å². The number of hydrogen-bond acceptors (Lipinski definition) is 0. The third-order valence-corrected chi connectivity index (χ3v) is 13.1. The number of hydrogen-bond donors (Lipinski definition) is 1. The molecule has 1 aliphatic carbocycles. The van der Waals surface area contributed by atoms with Crippen LogP contribution in [-0.4, -0.2) is 16.7 Å². The lowest BCUT2D eigenvalue weighted by molar-refractivity contribution is 1.27. The highest BCUT2D eigenvalue weighted by molar-refractivity contribution is 6.75. The molecule has 1 radical (unpaired) electrons. The summed E-state index contributed by atoms with van der Waals surface area (Å²) in [5, 5.41) is 10.5. The van der Waals surface area contributed by atoms with Crippen LogP contribution in [0.25, 0.3) is 115 Å². The van der Waals surface area contributed by atoms with Crippen LogP contribution in [0.1, 0.15) is 11.1 Å². The van der Waals surface area contributed by atoms with E-state index in [0.717, 1.165) is 6.42 Å². The van der Waals surface area contributed by atoms with Gasteiger partial charge in [0.2, 0.25) is 0 Å². The van der Waals surface area contributed by atoms with Gasteiger partial charge in [-0.05, 0) is 97.0 Å². The first kappa shape index (κ1) is 29.3. The fourth-order valence-corrected chi connectivity index (χ4v) is 10.8. The average molecular weight is 706 g/mol. The van der Waals surface area contributed by atoms with Crippen LogP contribution < -0.4 is 10.9 Å². The number of fused-ring (bicyclic) bond motifs is 11. The Morgan fingerprint density at radius 1 is 0.464 bits per heavy atom. The molecule has 4 heterocycles. The van der Waals surface area contributed by atoms with E-state index in [-0.39, 0.29) is 0 Å². The second kappa shape index (κ2) is 10.4. The molecule has 12 aromatic rings. The Balaban J connectivity index is 1.19. The number of H-pyrrole nitrogens is 1. The molecule has 0 spiro atoms. The van der Waals surface area contributed by atoms with Gasteiger partial charge in [-0.2, -0.15) is 0 Å². The SMILES string of the molecule is [B]1c2cc(-c3ccccc3)cc3c4cc(-c5ccccc5)cc5c6c7c(c(-c8cccc9c8[nH]c8ccc%10ccccc%10c89)c1c6n(c23)c45)Cc1ccccc1-7. The Morgan fingerprint density at radius 3 is 1.98 bits per heavy atom. The Hall–Kier alpha value is -7.10. The minimum absolute atomic E-state index is 0.900. The highest BCUT2D eigenvalue weighted by atomic mass is 14.9. The molecule has 0 saturated heterocycles. The Morgan fingerprint density at radius 2 is 1.14 bits per heavy atom. The largest absolute Gasteiger partial charge is 0.354 e.